The summed E-state index contributed by atoms with van der Waals surface area (Å²) in [5, 5.41) is 6.97. The van der Waals surface area contributed by atoms with Crippen LogP contribution in [-0.2, 0) is 21.9 Å². The van der Waals surface area contributed by atoms with E-state index in [1.807, 2.05) is 0 Å². The molecule has 2 aromatic rings. The van der Waals surface area contributed by atoms with E-state index in [1.54, 1.807) is 28.9 Å². The first-order chi connectivity index (χ1) is 12.3. The summed E-state index contributed by atoms with van der Waals surface area (Å²) in [7, 11) is -0.720. The molecule has 8 nitrogen and oxygen atoms in total. The van der Waals surface area contributed by atoms with E-state index < -0.39 is 21.9 Å². The van der Waals surface area contributed by atoms with Gasteiger partial charge in [-0.15, -0.1) is 0 Å². The van der Waals surface area contributed by atoms with Crippen molar-refractivity contribution in [3.63, 3.8) is 0 Å². The summed E-state index contributed by atoms with van der Waals surface area (Å²) in [6, 6.07) is 4.71. The molecule has 10 heteroatoms. The quantitative estimate of drug-likeness (QED) is 0.808. The molecule has 0 saturated carbocycles. The van der Waals surface area contributed by atoms with Crippen molar-refractivity contribution in [3.8, 4) is 0 Å². The molecule has 2 N–H and O–H groups in total. The molecule has 1 aromatic carbocycles. The Morgan fingerprint density at radius 2 is 2.08 bits per heavy atom. The van der Waals surface area contributed by atoms with Crippen molar-refractivity contribution in [3.05, 3.63) is 36.3 Å². The molecule has 0 spiro atoms. The highest BCUT2D eigenvalue weighted by Gasteiger charge is 2.31. The molecule has 1 saturated heterocycles. The van der Waals surface area contributed by atoms with Crippen LogP contribution in [0.25, 0.3) is 0 Å². The normalized spacial score (nSPS) is 18.2. The van der Waals surface area contributed by atoms with Crippen LogP contribution < -0.4 is 14.9 Å². The molecule has 0 bridgehead atoms. The minimum Gasteiger partial charge on any atom is -0.371 e. The van der Waals surface area contributed by atoms with Gasteiger partial charge in [-0.1, -0.05) is 0 Å². The van der Waals surface area contributed by atoms with Gasteiger partial charge in [-0.05, 0) is 38.1 Å². The Hall–Kier alpha value is -2.46. The van der Waals surface area contributed by atoms with Gasteiger partial charge in [-0.25, -0.2) is 17.5 Å². The molecule has 1 fully saturated rings. The van der Waals surface area contributed by atoms with E-state index in [0.717, 1.165) is 12.5 Å². The summed E-state index contributed by atoms with van der Waals surface area (Å²) >= 11 is 0. The highest BCUT2D eigenvalue weighted by atomic mass is 32.2. The third-order valence-electron chi connectivity index (χ3n) is 4.36. The highest BCUT2D eigenvalue weighted by molar-refractivity contribution is 7.89. The lowest BCUT2D eigenvalue weighted by Crippen LogP contribution is -2.48. The lowest BCUT2D eigenvalue weighted by Gasteiger charge is -2.32. The van der Waals surface area contributed by atoms with Gasteiger partial charge in [0.1, 0.15) is 17.7 Å². The number of anilines is 2. The van der Waals surface area contributed by atoms with E-state index in [1.165, 1.54) is 19.2 Å². The number of aromatic nitrogens is 2. The number of hydrogen-bond acceptors (Lipinski definition) is 5. The summed E-state index contributed by atoms with van der Waals surface area (Å²) in [6.07, 6.45) is 2.92. The Morgan fingerprint density at radius 1 is 1.31 bits per heavy atom. The van der Waals surface area contributed by atoms with Gasteiger partial charge < -0.3 is 5.32 Å². The zero-order valence-corrected chi connectivity index (χ0v) is 15.3. The predicted octanol–water partition coefficient (Wildman–Crippen LogP) is 1.07. The van der Waals surface area contributed by atoms with E-state index >= 15 is 0 Å². The van der Waals surface area contributed by atoms with E-state index in [2.05, 4.69) is 15.1 Å². The lowest BCUT2D eigenvalue weighted by atomic mass is 10.0. The molecule has 0 radical (unpaired) electrons. The number of piperidine rings is 1. The molecular formula is C16H20FN5O3S. The standard InChI is InChI=1S/C16H20FN5O3S/c1-18-26(24,25)11-5-6-13(12(17)10-11)20-14-4-3-9-22(16(14)23)15-7-8-19-21(15)2/h5-8,10,14,18,20H,3-4,9H2,1-2H3/t14-/m0/s1. The van der Waals surface area contributed by atoms with Crippen molar-refractivity contribution >= 4 is 27.4 Å². The summed E-state index contributed by atoms with van der Waals surface area (Å²) in [5.41, 5.74) is 0.0882. The van der Waals surface area contributed by atoms with Gasteiger partial charge in [-0.3, -0.25) is 14.4 Å². The summed E-state index contributed by atoms with van der Waals surface area (Å²) in [4.78, 5) is 14.2. The fourth-order valence-electron chi connectivity index (χ4n) is 2.95. The number of nitrogens with one attached hydrogen (secondary N) is 2. The second-order valence-corrected chi connectivity index (χ2v) is 7.88. The largest absolute Gasteiger partial charge is 0.371 e. The van der Waals surface area contributed by atoms with Crippen LogP contribution in [0.1, 0.15) is 12.8 Å². The second kappa shape index (κ2) is 7.04. The number of aryl methyl sites for hydroxylation is 1. The van der Waals surface area contributed by atoms with Gasteiger partial charge in [-0.2, -0.15) is 5.10 Å². The van der Waals surface area contributed by atoms with Crippen LogP contribution in [-0.4, -0.2) is 43.7 Å². The Morgan fingerprint density at radius 3 is 2.69 bits per heavy atom. The average molecular weight is 381 g/mol. The third kappa shape index (κ3) is 3.42. The molecular weight excluding hydrogens is 361 g/mol. The zero-order valence-electron chi connectivity index (χ0n) is 14.4. The van der Waals surface area contributed by atoms with Crippen LogP contribution in [0.5, 0.6) is 0 Å². The summed E-state index contributed by atoms with van der Waals surface area (Å²) < 4.78 is 41.6. The van der Waals surface area contributed by atoms with Crippen molar-refractivity contribution in [1.82, 2.24) is 14.5 Å². The summed E-state index contributed by atoms with van der Waals surface area (Å²) in [6.45, 7) is 0.568. The fourth-order valence-corrected chi connectivity index (χ4v) is 3.70. The smallest absolute Gasteiger partial charge is 0.250 e. The van der Waals surface area contributed by atoms with Crippen molar-refractivity contribution in [2.24, 2.45) is 7.05 Å². The summed E-state index contributed by atoms with van der Waals surface area (Å²) in [5.74, 6) is -0.226. The van der Waals surface area contributed by atoms with E-state index in [4.69, 9.17) is 0 Å². The molecule has 1 atom stereocenters. The first-order valence-corrected chi connectivity index (χ1v) is 9.61. The molecule has 3 rings (SSSR count). The Kier molecular flexibility index (Phi) is 4.97. The van der Waals surface area contributed by atoms with Gasteiger partial charge in [0.15, 0.2) is 0 Å². The Bertz CT molecular complexity index is 928. The number of amides is 1. The van der Waals surface area contributed by atoms with E-state index in [-0.39, 0.29) is 16.5 Å². The van der Waals surface area contributed by atoms with Gasteiger partial charge >= 0.3 is 0 Å². The first-order valence-electron chi connectivity index (χ1n) is 8.12. The molecule has 1 aromatic heterocycles. The Labute approximate surface area is 151 Å². The Balaban J connectivity index is 1.80. The number of halogens is 1. The number of sulfonamides is 1. The number of benzene rings is 1. The van der Waals surface area contributed by atoms with E-state index in [9.17, 15) is 17.6 Å². The molecule has 0 unspecified atom stereocenters. The molecule has 26 heavy (non-hydrogen) atoms. The first kappa shape index (κ1) is 18.3. The number of rotatable bonds is 5. The zero-order chi connectivity index (χ0) is 18.9. The molecule has 140 valence electrons. The second-order valence-electron chi connectivity index (χ2n) is 5.99. The van der Waals surface area contributed by atoms with Gasteiger partial charge in [0.2, 0.25) is 10.0 Å². The van der Waals surface area contributed by atoms with Crippen LogP contribution in [0.4, 0.5) is 15.9 Å². The van der Waals surface area contributed by atoms with Crippen LogP contribution in [0.15, 0.2) is 35.4 Å². The molecule has 2 heterocycles. The van der Waals surface area contributed by atoms with Crippen LogP contribution in [0.3, 0.4) is 0 Å². The number of carbonyl (C=O) groups excluding carboxylic acids is 1. The fraction of sp³-hybridized carbons (Fsp3) is 0.375. The van der Waals surface area contributed by atoms with Gasteiger partial charge in [0, 0.05) is 19.7 Å². The molecule has 1 aliphatic rings. The third-order valence-corrected chi connectivity index (χ3v) is 5.77. The number of hydrogen-bond donors (Lipinski definition) is 2. The minimum absolute atomic E-state index is 0.0882. The maximum atomic E-state index is 14.3. The van der Waals surface area contributed by atoms with Crippen molar-refractivity contribution in [2.75, 3.05) is 23.8 Å². The topological polar surface area (TPSA) is 96.3 Å². The molecule has 1 aliphatic heterocycles. The van der Waals surface area contributed by atoms with Crippen LogP contribution in [0.2, 0.25) is 0 Å². The van der Waals surface area contributed by atoms with Gasteiger partial charge in [0.05, 0.1) is 16.8 Å². The predicted molar refractivity (Wildman–Crippen MR) is 94.9 cm³/mol. The van der Waals surface area contributed by atoms with Crippen LogP contribution in [0, 0.1) is 5.82 Å². The molecule has 1 amide bonds. The maximum Gasteiger partial charge on any atom is 0.250 e. The minimum atomic E-state index is -3.73. The average Bonchev–Trinajstić information content (AvgIpc) is 3.04. The van der Waals surface area contributed by atoms with Gasteiger partial charge in [0.25, 0.3) is 5.91 Å². The number of carbonyl (C=O) groups is 1. The lowest BCUT2D eigenvalue weighted by molar-refractivity contribution is -0.120. The van der Waals surface area contributed by atoms with Crippen LogP contribution >= 0.6 is 0 Å². The highest BCUT2D eigenvalue weighted by Crippen LogP contribution is 2.25. The van der Waals surface area contributed by atoms with Crippen molar-refractivity contribution in [2.45, 2.75) is 23.8 Å². The number of nitrogens with zero attached hydrogens (tertiary/aromatic N) is 3. The van der Waals surface area contributed by atoms with E-state index in [0.29, 0.717) is 18.8 Å². The van der Waals surface area contributed by atoms with Crippen molar-refractivity contribution in [1.29, 1.82) is 0 Å². The monoisotopic (exact) mass is 381 g/mol. The SMILES string of the molecule is CNS(=O)(=O)c1ccc(N[C@H]2CCCN(c3ccnn3C)C2=O)c(F)c1. The van der Waals surface area contributed by atoms with Crippen molar-refractivity contribution < 1.29 is 17.6 Å². The molecule has 0 aliphatic carbocycles. The maximum absolute atomic E-state index is 14.3.